The monoisotopic (exact) mass is 391 g/mol. The molecule has 0 aliphatic heterocycles. The Balaban J connectivity index is 1.56. The normalized spacial score (nSPS) is 15.7. The highest BCUT2D eigenvalue weighted by molar-refractivity contribution is 8.00. The fourth-order valence-corrected chi connectivity index (χ4v) is 4.89. The molecule has 0 amide bonds. The van der Waals surface area contributed by atoms with Crippen molar-refractivity contribution in [1.29, 1.82) is 0 Å². The molecule has 0 aromatic carbocycles. The summed E-state index contributed by atoms with van der Waals surface area (Å²) in [4.78, 5) is 16.7. The molecule has 140 valence electrons. The summed E-state index contributed by atoms with van der Waals surface area (Å²) in [5.74, 6) is 2.38. The van der Waals surface area contributed by atoms with E-state index in [9.17, 15) is 4.79 Å². The fourth-order valence-electron chi connectivity index (χ4n) is 3.26. The van der Waals surface area contributed by atoms with E-state index >= 15 is 0 Å². The van der Waals surface area contributed by atoms with Crippen molar-refractivity contribution in [1.82, 2.24) is 4.98 Å². The van der Waals surface area contributed by atoms with E-state index in [-0.39, 0.29) is 5.75 Å². The lowest BCUT2D eigenvalue weighted by Crippen LogP contribution is -2.04. The van der Waals surface area contributed by atoms with E-state index in [0.717, 1.165) is 23.6 Å². The van der Waals surface area contributed by atoms with E-state index in [2.05, 4.69) is 6.92 Å². The molecule has 3 rings (SSSR count). The number of aromatic nitrogens is 1. The van der Waals surface area contributed by atoms with Gasteiger partial charge in [0.2, 0.25) is 0 Å². The van der Waals surface area contributed by atoms with Crippen molar-refractivity contribution in [2.75, 3.05) is 11.5 Å². The van der Waals surface area contributed by atoms with Crippen LogP contribution in [0.3, 0.4) is 0 Å². The summed E-state index contributed by atoms with van der Waals surface area (Å²) in [6.07, 6.45) is 11.2. The van der Waals surface area contributed by atoms with Crippen LogP contribution in [0.25, 0.3) is 6.08 Å². The Hall–Kier alpha value is -1.53. The Bertz CT molecular complexity index is 757. The van der Waals surface area contributed by atoms with Crippen molar-refractivity contribution >= 4 is 35.1 Å². The molecular weight excluding hydrogens is 366 g/mol. The summed E-state index contributed by atoms with van der Waals surface area (Å²) in [5, 5.41) is 9.92. The number of carboxylic acid groups (broad SMARTS) is 1. The highest BCUT2D eigenvalue weighted by Gasteiger charge is 2.20. The number of rotatable bonds is 8. The largest absolute Gasteiger partial charge is 0.481 e. The maximum atomic E-state index is 10.5. The summed E-state index contributed by atoms with van der Waals surface area (Å²) >= 11 is 3.22. The quantitative estimate of drug-likeness (QED) is 0.601. The maximum Gasteiger partial charge on any atom is 0.313 e. The molecule has 1 aliphatic carbocycles. The third-order valence-corrected chi connectivity index (χ3v) is 6.66. The molecule has 4 nitrogen and oxygen atoms in total. The lowest BCUT2D eigenvalue weighted by molar-refractivity contribution is -0.133. The molecule has 0 radical (unpaired) electrons. The van der Waals surface area contributed by atoms with Crippen molar-refractivity contribution < 1.29 is 14.3 Å². The van der Waals surface area contributed by atoms with Crippen LogP contribution in [-0.4, -0.2) is 27.6 Å². The van der Waals surface area contributed by atoms with Crippen LogP contribution >= 0.6 is 23.1 Å². The van der Waals surface area contributed by atoms with Gasteiger partial charge in [0.15, 0.2) is 0 Å². The summed E-state index contributed by atoms with van der Waals surface area (Å²) < 4.78 is 5.88. The van der Waals surface area contributed by atoms with Crippen LogP contribution in [0.4, 0.5) is 0 Å². The van der Waals surface area contributed by atoms with Crippen molar-refractivity contribution in [2.24, 2.45) is 0 Å². The third-order valence-electron chi connectivity index (χ3n) is 4.61. The smallest absolute Gasteiger partial charge is 0.313 e. The van der Waals surface area contributed by atoms with Gasteiger partial charge in [0.1, 0.15) is 11.5 Å². The van der Waals surface area contributed by atoms with Gasteiger partial charge in [-0.15, -0.1) is 23.1 Å². The third kappa shape index (κ3) is 5.48. The first kappa shape index (κ1) is 19.2. The van der Waals surface area contributed by atoms with Gasteiger partial charge in [-0.2, -0.15) is 0 Å². The molecule has 6 heteroatoms. The molecule has 1 N–H and O–H groups in total. The van der Waals surface area contributed by atoms with Gasteiger partial charge in [-0.05, 0) is 38.0 Å². The average molecular weight is 392 g/mol. The lowest BCUT2D eigenvalue weighted by atomic mass is 9.90. The van der Waals surface area contributed by atoms with E-state index in [1.165, 1.54) is 53.8 Å². The maximum absolute atomic E-state index is 10.5. The second-order valence-corrected chi connectivity index (χ2v) is 8.95. The number of aryl methyl sites for hydroxylation is 1. The predicted molar refractivity (Wildman–Crippen MR) is 108 cm³/mol. The summed E-state index contributed by atoms with van der Waals surface area (Å²) in [6.45, 7) is 2.16. The lowest BCUT2D eigenvalue weighted by Gasteiger charge is -2.18. The van der Waals surface area contributed by atoms with Gasteiger partial charge in [0, 0.05) is 23.0 Å². The number of hydrogen-bond acceptors (Lipinski definition) is 5. The van der Waals surface area contributed by atoms with Gasteiger partial charge in [-0.3, -0.25) is 4.79 Å². The number of carbonyl (C=O) groups is 1. The van der Waals surface area contributed by atoms with Gasteiger partial charge in [-0.25, -0.2) is 4.98 Å². The molecule has 26 heavy (non-hydrogen) atoms. The molecule has 2 heterocycles. The average Bonchev–Trinajstić information content (AvgIpc) is 3.22. The first-order chi connectivity index (χ1) is 12.6. The summed E-state index contributed by atoms with van der Waals surface area (Å²) in [6, 6.07) is 3.96. The van der Waals surface area contributed by atoms with Gasteiger partial charge in [0.05, 0.1) is 16.5 Å². The minimum Gasteiger partial charge on any atom is -0.481 e. The number of aliphatic carboxylic acids is 1. The second kappa shape index (κ2) is 9.42. The van der Waals surface area contributed by atoms with Crippen LogP contribution in [0.2, 0.25) is 0 Å². The predicted octanol–water partition coefficient (Wildman–Crippen LogP) is 5.51. The van der Waals surface area contributed by atoms with E-state index in [0.29, 0.717) is 11.7 Å². The highest BCUT2D eigenvalue weighted by Crippen LogP contribution is 2.36. The van der Waals surface area contributed by atoms with E-state index < -0.39 is 5.97 Å². The second-order valence-electron chi connectivity index (χ2n) is 6.68. The number of thioether (sulfide) groups is 1. The number of nitrogens with zero attached hydrogens (tertiary/aromatic N) is 1. The first-order valence-corrected chi connectivity index (χ1v) is 11.1. The van der Waals surface area contributed by atoms with E-state index in [1.54, 1.807) is 0 Å². The van der Waals surface area contributed by atoms with Crippen molar-refractivity contribution in [2.45, 2.75) is 51.4 Å². The molecule has 0 atom stereocenters. The molecule has 0 spiro atoms. The van der Waals surface area contributed by atoms with Gasteiger partial charge in [0.25, 0.3) is 0 Å². The van der Waals surface area contributed by atoms with Gasteiger partial charge in [-0.1, -0.05) is 25.3 Å². The zero-order valence-electron chi connectivity index (χ0n) is 15.1. The number of thiazole rings is 1. The van der Waals surface area contributed by atoms with E-state index in [1.807, 2.05) is 35.6 Å². The van der Waals surface area contributed by atoms with Crippen molar-refractivity contribution in [3.8, 4) is 0 Å². The Morgan fingerprint density at radius 3 is 2.96 bits per heavy atom. The Morgan fingerprint density at radius 1 is 1.38 bits per heavy atom. The minimum absolute atomic E-state index is 0.125. The molecule has 0 bridgehead atoms. The molecular formula is C20H25NO3S2. The first-order valence-electron chi connectivity index (χ1n) is 9.13. The fraction of sp³-hybridized carbons (Fsp3) is 0.500. The van der Waals surface area contributed by atoms with Crippen molar-refractivity contribution in [3.05, 3.63) is 45.3 Å². The van der Waals surface area contributed by atoms with Crippen LogP contribution in [0.5, 0.6) is 0 Å². The number of furan rings is 1. The van der Waals surface area contributed by atoms with Crippen LogP contribution in [0.15, 0.2) is 22.6 Å². The van der Waals surface area contributed by atoms with Crippen LogP contribution in [0.1, 0.15) is 65.1 Å². The highest BCUT2D eigenvalue weighted by atomic mass is 32.2. The SMILES string of the molecule is Cc1sc(C2CCCCC2)nc1Cc1ccc(/C=C/CSCC(=O)O)o1. The Morgan fingerprint density at radius 2 is 2.19 bits per heavy atom. The van der Waals surface area contributed by atoms with Crippen LogP contribution < -0.4 is 0 Å². The molecule has 0 saturated heterocycles. The molecule has 0 unspecified atom stereocenters. The van der Waals surface area contributed by atoms with E-state index in [4.69, 9.17) is 14.5 Å². The Labute approximate surface area is 162 Å². The molecule has 2 aromatic heterocycles. The zero-order valence-corrected chi connectivity index (χ0v) is 16.7. The molecule has 1 saturated carbocycles. The van der Waals surface area contributed by atoms with Crippen LogP contribution in [0, 0.1) is 6.92 Å². The molecule has 1 aliphatic rings. The Kier molecular flexibility index (Phi) is 6.97. The standard InChI is InChI=1S/C20H25NO3S2/c1-14-18(21-20(26-14)15-6-3-2-4-7-15)12-17-10-9-16(24-17)8-5-11-25-13-19(22)23/h5,8-10,15H,2-4,6-7,11-13H2,1H3,(H,22,23)/b8-5+. The van der Waals surface area contributed by atoms with Crippen LogP contribution in [-0.2, 0) is 11.2 Å². The van der Waals surface area contributed by atoms with Crippen molar-refractivity contribution in [3.63, 3.8) is 0 Å². The molecule has 1 fully saturated rings. The number of carboxylic acids is 1. The topological polar surface area (TPSA) is 63.3 Å². The minimum atomic E-state index is -0.782. The molecule has 2 aromatic rings. The number of hydrogen-bond donors (Lipinski definition) is 1. The zero-order chi connectivity index (χ0) is 18.4. The summed E-state index contributed by atoms with van der Waals surface area (Å²) in [7, 11) is 0. The summed E-state index contributed by atoms with van der Waals surface area (Å²) in [5.41, 5.74) is 1.14. The van der Waals surface area contributed by atoms with Gasteiger partial charge < -0.3 is 9.52 Å². The van der Waals surface area contributed by atoms with Gasteiger partial charge >= 0.3 is 5.97 Å².